The topological polar surface area (TPSA) is 108 Å². The van der Waals surface area contributed by atoms with Gasteiger partial charge in [-0.05, 0) is 54.4 Å². The quantitative estimate of drug-likeness (QED) is 0.222. The lowest BCUT2D eigenvalue weighted by atomic mass is 9.95. The van der Waals surface area contributed by atoms with Crippen LogP contribution in [0, 0.1) is 6.92 Å². The number of carbonyl (C=O) groups excluding carboxylic acids is 2. The first-order valence-corrected chi connectivity index (χ1v) is 11.3. The van der Waals surface area contributed by atoms with Crippen molar-refractivity contribution in [3.8, 4) is 5.75 Å². The number of pyridine rings is 1. The first-order valence-electron chi connectivity index (χ1n) is 10.5. The van der Waals surface area contributed by atoms with E-state index in [9.17, 15) is 14.7 Å². The van der Waals surface area contributed by atoms with Crippen LogP contribution in [0.2, 0.25) is 10.0 Å². The number of nitrogens with one attached hydrogen (secondary N) is 1. The van der Waals surface area contributed by atoms with Crippen molar-refractivity contribution in [2.24, 2.45) is 0 Å². The summed E-state index contributed by atoms with van der Waals surface area (Å²) in [6.07, 6.45) is 3.07. The summed E-state index contributed by atoms with van der Waals surface area (Å²) < 4.78 is 5.35. The van der Waals surface area contributed by atoms with Crippen molar-refractivity contribution in [1.29, 1.82) is 0 Å². The molecule has 0 aliphatic carbocycles. The van der Waals surface area contributed by atoms with E-state index in [1.165, 1.54) is 36.5 Å². The number of ether oxygens (including phenoxy) is 1. The number of Topliss-reactive ketones (excluding diaryl/α,β-unsaturated/α-hetero) is 1. The molecule has 1 aliphatic rings. The Morgan fingerprint density at radius 2 is 1.86 bits per heavy atom. The van der Waals surface area contributed by atoms with Crippen molar-refractivity contribution >= 4 is 57.6 Å². The second-order valence-corrected chi connectivity index (χ2v) is 8.84. The third-order valence-corrected chi connectivity index (χ3v) is 6.29. The third kappa shape index (κ3) is 3.80. The molecular formula is C25H18Cl2N4O4. The number of aromatic nitrogens is 3. The number of nitrogens with zero attached hydrogens (tertiary/aromatic N) is 3. The van der Waals surface area contributed by atoms with Crippen LogP contribution in [0.25, 0.3) is 16.8 Å². The van der Waals surface area contributed by atoms with E-state index in [2.05, 4.69) is 15.0 Å². The fourth-order valence-corrected chi connectivity index (χ4v) is 4.80. The molecule has 3 heterocycles. The molecule has 1 unspecified atom stereocenters. The Labute approximate surface area is 209 Å². The highest BCUT2D eigenvalue weighted by Gasteiger charge is 2.48. The second-order valence-electron chi connectivity index (χ2n) is 8.00. The number of hydrogen-bond acceptors (Lipinski definition) is 6. The van der Waals surface area contributed by atoms with Crippen LogP contribution in [0.3, 0.4) is 0 Å². The van der Waals surface area contributed by atoms with E-state index >= 15 is 0 Å². The number of aliphatic hydroxyl groups excluding tert-OH is 1. The molecule has 2 aromatic heterocycles. The van der Waals surface area contributed by atoms with Crippen LogP contribution in [-0.4, -0.2) is 38.9 Å². The summed E-state index contributed by atoms with van der Waals surface area (Å²) >= 11 is 12.4. The molecule has 1 amide bonds. The molecule has 1 saturated heterocycles. The lowest BCUT2D eigenvalue weighted by molar-refractivity contribution is -0.132. The molecule has 176 valence electrons. The van der Waals surface area contributed by atoms with Gasteiger partial charge in [0.1, 0.15) is 11.5 Å². The highest BCUT2D eigenvalue weighted by atomic mass is 35.5. The summed E-state index contributed by atoms with van der Waals surface area (Å²) in [5, 5.41) is 11.7. The summed E-state index contributed by atoms with van der Waals surface area (Å²) in [6, 6.07) is 10.8. The second kappa shape index (κ2) is 8.72. The molecule has 1 fully saturated rings. The van der Waals surface area contributed by atoms with Gasteiger partial charge in [-0.15, -0.1) is 0 Å². The van der Waals surface area contributed by atoms with Gasteiger partial charge in [0.25, 0.3) is 5.78 Å². The summed E-state index contributed by atoms with van der Waals surface area (Å²) in [4.78, 5) is 39.6. The van der Waals surface area contributed by atoms with Crippen molar-refractivity contribution in [3.05, 3.63) is 87.2 Å². The Morgan fingerprint density at radius 1 is 1.11 bits per heavy atom. The fraction of sp³-hybridized carbons (Fsp3) is 0.120. The highest BCUT2D eigenvalue weighted by Crippen LogP contribution is 2.44. The van der Waals surface area contributed by atoms with E-state index in [1.807, 2.05) is 25.1 Å². The van der Waals surface area contributed by atoms with E-state index in [-0.39, 0.29) is 32.9 Å². The van der Waals surface area contributed by atoms with Crippen LogP contribution >= 0.6 is 23.2 Å². The number of methoxy groups -OCH3 is 1. The van der Waals surface area contributed by atoms with Gasteiger partial charge in [-0.1, -0.05) is 29.3 Å². The minimum Gasteiger partial charge on any atom is -0.507 e. The van der Waals surface area contributed by atoms with Gasteiger partial charge in [-0.2, -0.15) is 0 Å². The zero-order valence-corrected chi connectivity index (χ0v) is 20.1. The Morgan fingerprint density at radius 3 is 2.57 bits per heavy atom. The first kappa shape index (κ1) is 22.9. The summed E-state index contributed by atoms with van der Waals surface area (Å²) in [6.45, 7) is 1.94. The van der Waals surface area contributed by atoms with Crippen LogP contribution in [0.1, 0.15) is 22.7 Å². The molecule has 0 spiro atoms. The number of halogens is 2. The summed E-state index contributed by atoms with van der Waals surface area (Å²) in [7, 11) is 1.38. The Balaban J connectivity index is 1.77. The Kier molecular flexibility index (Phi) is 5.70. The standard InChI is InChI=1S/C25H18Cl2N4O4/c1-12-3-4-17-18(9-12)30-25(29-17)31-20(13-5-7-28-8-6-13)19(22(33)24(31)34)21(32)15-10-14(26)11-16(27)23(15)35-2/h3-11,20,32H,1-2H3,(H,29,30)/b21-19+. The van der Waals surface area contributed by atoms with Gasteiger partial charge in [0.2, 0.25) is 5.95 Å². The number of hydrogen-bond donors (Lipinski definition) is 2. The molecule has 35 heavy (non-hydrogen) atoms. The normalized spacial score (nSPS) is 17.4. The van der Waals surface area contributed by atoms with Crippen LogP contribution < -0.4 is 9.64 Å². The SMILES string of the molecule is COc1c(Cl)cc(Cl)cc1/C(O)=C1\C(=O)C(=O)N(c2nc3ccc(C)cc3[nH]2)C1c1ccncc1. The van der Waals surface area contributed by atoms with Gasteiger partial charge >= 0.3 is 5.91 Å². The molecule has 1 atom stereocenters. The number of ketones is 1. The van der Waals surface area contributed by atoms with Crippen molar-refractivity contribution in [1.82, 2.24) is 15.0 Å². The van der Waals surface area contributed by atoms with Crippen LogP contribution in [0.4, 0.5) is 5.95 Å². The number of fused-ring (bicyclic) bond motifs is 1. The zero-order chi connectivity index (χ0) is 24.9. The number of H-pyrrole nitrogens is 1. The average molecular weight is 509 g/mol. The molecule has 2 aromatic carbocycles. The molecule has 1 aliphatic heterocycles. The van der Waals surface area contributed by atoms with Gasteiger partial charge in [-0.25, -0.2) is 4.98 Å². The number of anilines is 1. The number of benzene rings is 2. The van der Waals surface area contributed by atoms with Crippen LogP contribution in [-0.2, 0) is 9.59 Å². The van der Waals surface area contributed by atoms with Gasteiger partial charge in [-0.3, -0.25) is 19.5 Å². The molecule has 0 saturated carbocycles. The van der Waals surface area contributed by atoms with E-state index < -0.39 is 23.5 Å². The van der Waals surface area contributed by atoms with Crippen molar-refractivity contribution < 1.29 is 19.4 Å². The summed E-state index contributed by atoms with van der Waals surface area (Å²) in [5.41, 5.74) is 2.81. The van der Waals surface area contributed by atoms with Gasteiger partial charge in [0, 0.05) is 17.4 Å². The maximum Gasteiger partial charge on any atom is 0.302 e. The molecule has 5 rings (SSSR count). The maximum atomic E-state index is 13.4. The molecule has 0 bridgehead atoms. The lowest BCUT2D eigenvalue weighted by Gasteiger charge is -2.23. The highest BCUT2D eigenvalue weighted by molar-refractivity contribution is 6.51. The molecule has 4 aromatic rings. The van der Waals surface area contributed by atoms with Crippen LogP contribution in [0.15, 0.2) is 60.4 Å². The van der Waals surface area contributed by atoms with E-state index in [0.717, 1.165) is 5.56 Å². The van der Waals surface area contributed by atoms with Crippen molar-refractivity contribution in [2.75, 3.05) is 12.0 Å². The minimum atomic E-state index is -0.998. The van der Waals surface area contributed by atoms with Crippen molar-refractivity contribution in [3.63, 3.8) is 0 Å². The minimum absolute atomic E-state index is 0.0855. The predicted molar refractivity (Wildman–Crippen MR) is 133 cm³/mol. The van der Waals surface area contributed by atoms with Gasteiger partial charge < -0.3 is 14.8 Å². The van der Waals surface area contributed by atoms with Crippen LogP contribution in [0.5, 0.6) is 5.75 Å². The summed E-state index contributed by atoms with van der Waals surface area (Å²) in [5.74, 6) is -1.92. The third-order valence-electron chi connectivity index (χ3n) is 5.79. The smallest absolute Gasteiger partial charge is 0.302 e. The maximum absolute atomic E-state index is 13.4. The Bertz CT molecular complexity index is 1530. The molecule has 8 nitrogen and oxygen atoms in total. The number of amides is 1. The Hall–Kier alpha value is -3.88. The molecule has 10 heteroatoms. The number of aliphatic hydroxyl groups is 1. The van der Waals surface area contributed by atoms with E-state index in [0.29, 0.717) is 16.6 Å². The number of aryl methyl sites for hydroxylation is 1. The number of imidazole rings is 1. The van der Waals surface area contributed by atoms with E-state index in [4.69, 9.17) is 27.9 Å². The lowest BCUT2D eigenvalue weighted by Crippen LogP contribution is -2.30. The predicted octanol–water partition coefficient (Wildman–Crippen LogP) is 5.21. The number of carbonyl (C=O) groups is 2. The fourth-order valence-electron chi connectivity index (χ4n) is 4.23. The monoisotopic (exact) mass is 508 g/mol. The van der Waals surface area contributed by atoms with Gasteiger partial charge in [0.05, 0.1) is 40.3 Å². The van der Waals surface area contributed by atoms with Crippen molar-refractivity contribution in [2.45, 2.75) is 13.0 Å². The number of aromatic amines is 1. The zero-order valence-electron chi connectivity index (χ0n) is 18.5. The van der Waals surface area contributed by atoms with E-state index in [1.54, 1.807) is 12.1 Å². The first-order chi connectivity index (χ1) is 16.8. The number of rotatable bonds is 4. The largest absolute Gasteiger partial charge is 0.507 e. The average Bonchev–Trinajstić information content (AvgIpc) is 3.36. The molecule has 0 radical (unpaired) electrons. The molecular weight excluding hydrogens is 491 g/mol. The molecule has 2 N–H and O–H groups in total. The van der Waals surface area contributed by atoms with Gasteiger partial charge in [0.15, 0.2) is 0 Å².